The molecule has 0 atom stereocenters. The number of carbonyl (C=O) groups is 1. The minimum atomic E-state index is -0.404. The third-order valence-corrected chi connectivity index (χ3v) is 6.28. The average Bonchev–Trinajstić information content (AvgIpc) is 2.97. The summed E-state index contributed by atoms with van der Waals surface area (Å²) < 4.78 is 0.985. The number of non-ortho nitro benzene ring substituents is 1. The Morgan fingerprint density at radius 3 is 2.55 bits per heavy atom. The fraction of sp³-hybridized carbons (Fsp3) is 0.364. The number of nitrogens with one attached hydrogen (secondary N) is 2. The van der Waals surface area contributed by atoms with E-state index in [-0.39, 0.29) is 11.6 Å². The van der Waals surface area contributed by atoms with Crippen LogP contribution in [-0.2, 0) is 11.3 Å². The summed E-state index contributed by atoms with van der Waals surface area (Å²) in [6, 6.07) is 12.4. The molecule has 0 unspecified atom stereocenters. The van der Waals surface area contributed by atoms with Gasteiger partial charge in [-0.05, 0) is 49.7 Å². The molecule has 0 radical (unpaired) electrons. The minimum absolute atomic E-state index is 0.0162. The number of fused-ring (bicyclic) bond motifs is 1. The molecule has 4 rings (SSSR count). The van der Waals surface area contributed by atoms with E-state index < -0.39 is 4.92 Å². The molecule has 1 aliphatic rings. The predicted molar refractivity (Wildman–Crippen MR) is 124 cm³/mol. The average molecular weight is 440 g/mol. The largest absolute Gasteiger partial charge is 0.381 e. The van der Waals surface area contributed by atoms with Crippen molar-refractivity contribution in [3.8, 4) is 0 Å². The van der Waals surface area contributed by atoms with Crippen LogP contribution in [0.15, 0.2) is 42.5 Å². The van der Waals surface area contributed by atoms with Crippen LogP contribution in [0.5, 0.6) is 0 Å². The van der Waals surface area contributed by atoms with Gasteiger partial charge in [-0.25, -0.2) is 4.98 Å². The van der Waals surface area contributed by atoms with Gasteiger partial charge in [0.15, 0.2) is 5.13 Å². The number of amides is 1. The maximum absolute atomic E-state index is 12.4. The second-order valence-corrected chi connectivity index (χ2v) is 8.75. The van der Waals surface area contributed by atoms with Gasteiger partial charge < -0.3 is 10.6 Å². The first-order chi connectivity index (χ1) is 15.1. The highest BCUT2D eigenvalue weighted by molar-refractivity contribution is 7.22. The van der Waals surface area contributed by atoms with Crippen molar-refractivity contribution in [1.29, 1.82) is 0 Å². The van der Waals surface area contributed by atoms with Gasteiger partial charge in [0.25, 0.3) is 5.69 Å². The van der Waals surface area contributed by atoms with Crippen LogP contribution in [-0.4, -0.2) is 40.3 Å². The van der Waals surface area contributed by atoms with E-state index in [2.05, 4.69) is 20.5 Å². The molecule has 1 aliphatic heterocycles. The first-order valence-electron chi connectivity index (χ1n) is 10.5. The molecule has 1 fully saturated rings. The fourth-order valence-corrected chi connectivity index (χ4v) is 4.61. The number of likely N-dealkylation sites (tertiary alicyclic amines) is 1. The number of carbonyl (C=O) groups excluding carboxylic acids is 1. The first-order valence-corrected chi connectivity index (χ1v) is 11.3. The molecule has 3 aromatic rings. The minimum Gasteiger partial charge on any atom is -0.381 e. The highest BCUT2D eigenvalue weighted by atomic mass is 32.1. The molecule has 8 nitrogen and oxygen atoms in total. The number of aromatic nitrogens is 1. The van der Waals surface area contributed by atoms with Gasteiger partial charge in [-0.1, -0.05) is 36.3 Å². The third kappa shape index (κ3) is 5.77. The molecule has 2 aromatic carbocycles. The third-order valence-electron chi connectivity index (χ3n) is 5.34. The van der Waals surface area contributed by atoms with Crippen molar-refractivity contribution in [2.24, 2.45) is 0 Å². The first kappa shape index (κ1) is 21.2. The van der Waals surface area contributed by atoms with Gasteiger partial charge in [-0.2, -0.15) is 0 Å². The van der Waals surface area contributed by atoms with E-state index >= 15 is 0 Å². The molecule has 2 heterocycles. The highest BCUT2D eigenvalue weighted by Gasteiger charge is 2.14. The Morgan fingerprint density at radius 1 is 1.10 bits per heavy atom. The Bertz CT molecular complexity index is 1060. The molecule has 0 saturated carbocycles. The Labute approximate surface area is 184 Å². The molecule has 162 valence electrons. The quantitative estimate of drug-likeness (QED) is 0.411. The molecule has 0 spiro atoms. The summed E-state index contributed by atoms with van der Waals surface area (Å²) in [6.45, 7) is 2.94. The Balaban J connectivity index is 1.35. The normalized spacial score (nSPS) is 14.8. The summed E-state index contributed by atoms with van der Waals surface area (Å²) in [5.41, 5.74) is 2.81. The van der Waals surface area contributed by atoms with E-state index in [9.17, 15) is 14.9 Å². The molecular weight excluding hydrogens is 414 g/mol. The standard InChI is InChI=1S/C22H25N5O3S/c28-21(15-26-11-3-1-2-4-12-26)25-22-24-19-10-7-17(13-20(19)31-22)23-14-16-5-8-18(9-6-16)27(29)30/h5-10,13,23H,1-4,11-12,14-15H2,(H,24,25,28). The smallest absolute Gasteiger partial charge is 0.269 e. The lowest BCUT2D eigenvalue weighted by Gasteiger charge is -2.18. The zero-order valence-electron chi connectivity index (χ0n) is 17.2. The topological polar surface area (TPSA) is 100 Å². The molecule has 1 aromatic heterocycles. The van der Waals surface area contributed by atoms with E-state index in [1.807, 2.05) is 18.2 Å². The van der Waals surface area contributed by atoms with Crippen LogP contribution in [0.3, 0.4) is 0 Å². The second-order valence-electron chi connectivity index (χ2n) is 7.72. The molecule has 9 heteroatoms. The maximum Gasteiger partial charge on any atom is 0.269 e. The van der Waals surface area contributed by atoms with Gasteiger partial charge in [-0.15, -0.1) is 0 Å². The predicted octanol–water partition coefficient (Wildman–Crippen LogP) is 4.63. The molecule has 1 amide bonds. The SMILES string of the molecule is O=C(CN1CCCCCC1)Nc1nc2ccc(NCc3ccc([N+](=O)[O-])cc3)cc2s1. The van der Waals surface area contributed by atoms with Gasteiger partial charge in [0.05, 0.1) is 21.7 Å². The van der Waals surface area contributed by atoms with Crippen LogP contribution >= 0.6 is 11.3 Å². The lowest BCUT2D eigenvalue weighted by atomic mass is 10.2. The van der Waals surface area contributed by atoms with Crippen molar-refractivity contribution < 1.29 is 9.72 Å². The number of nitro benzene ring substituents is 1. The summed E-state index contributed by atoms with van der Waals surface area (Å²) in [6.07, 6.45) is 4.81. The van der Waals surface area contributed by atoms with Crippen molar-refractivity contribution >= 4 is 44.0 Å². The number of rotatable bonds is 7. The van der Waals surface area contributed by atoms with Crippen LogP contribution in [0, 0.1) is 10.1 Å². The van der Waals surface area contributed by atoms with Crippen molar-refractivity contribution in [3.05, 3.63) is 58.1 Å². The number of nitrogens with zero attached hydrogens (tertiary/aromatic N) is 3. The highest BCUT2D eigenvalue weighted by Crippen LogP contribution is 2.28. The summed E-state index contributed by atoms with van der Waals surface area (Å²) in [7, 11) is 0. The van der Waals surface area contributed by atoms with E-state index in [4.69, 9.17) is 0 Å². The van der Waals surface area contributed by atoms with E-state index in [1.165, 1.54) is 36.3 Å². The molecule has 1 saturated heterocycles. The lowest BCUT2D eigenvalue weighted by molar-refractivity contribution is -0.384. The Hall–Kier alpha value is -3.04. The molecule has 2 N–H and O–H groups in total. The number of hydrogen-bond donors (Lipinski definition) is 2. The summed E-state index contributed by atoms with van der Waals surface area (Å²) in [5, 5.41) is 17.6. The number of hydrogen-bond acceptors (Lipinski definition) is 7. The van der Waals surface area contributed by atoms with Crippen molar-refractivity contribution in [2.45, 2.75) is 32.2 Å². The zero-order valence-corrected chi connectivity index (χ0v) is 18.0. The Morgan fingerprint density at radius 2 is 1.84 bits per heavy atom. The van der Waals surface area contributed by atoms with Crippen molar-refractivity contribution in [1.82, 2.24) is 9.88 Å². The zero-order chi connectivity index (χ0) is 21.6. The number of thiazole rings is 1. The Kier molecular flexibility index (Phi) is 6.73. The van der Waals surface area contributed by atoms with E-state index in [0.717, 1.165) is 47.4 Å². The summed E-state index contributed by atoms with van der Waals surface area (Å²) >= 11 is 1.46. The number of anilines is 2. The van der Waals surface area contributed by atoms with Crippen LogP contribution < -0.4 is 10.6 Å². The van der Waals surface area contributed by atoms with Gasteiger partial charge in [0.2, 0.25) is 5.91 Å². The number of nitro groups is 1. The van der Waals surface area contributed by atoms with Crippen LogP contribution in [0.2, 0.25) is 0 Å². The van der Waals surface area contributed by atoms with Gasteiger partial charge >= 0.3 is 0 Å². The van der Waals surface area contributed by atoms with Crippen molar-refractivity contribution in [2.75, 3.05) is 30.3 Å². The maximum atomic E-state index is 12.4. The van der Waals surface area contributed by atoms with Crippen molar-refractivity contribution in [3.63, 3.8) is 0 Å². The summed E-state index contributed by atoms with van der Waals surface area (Å²) in [5.74, 6) is -0.0162. The monoisotopic (exact) mass is 439 g/mol. The molecule has 0 bridgehead atoms. The van der Waals surface area contributed by atoms with Crippen LogP contribution in [0.4, 0.5) is 16.5 Å². The summed E-state index contributed by atoms with van der Waals surface area (Å²) in [4.78, 5) is 29.5. The second kappa shape index (κ2) is 9.84. The molecule has 31 heavy (non-hydrogen) atoms. The lowest BCUT2D eigenvalue weighted by Crippen LogP contribution is -2.33. The number of benzene rings is 2. The van der Waals surface area contributed by atoms with Crippen LogP contribution in [0.1, 0.15) is 31.2 Å². The van der Waals surface area contributed by atoms with Gasteiger partial charge in [0, 0.05) is 24.4 Å². The van der Waals surface area contributed by atoms with Gasteiger partial charge in [0.1, 0.15) is 0 Å². The fourth-order valence-electron chi connectivity index (χ4n) is 3.68. The van der Waals surface area contributed by atoms with E-state index in [0.29, 0.717) is 18.2 Å². The van der Waals surface area contributed by atoms with Gasteiger partial charge in [-0.3, -0.25) is 19.8 Å². The van der Waals surface area contributed by atoms with Crippen LogP contribution in [0.25, 0.3) is 10.2 Å². The molecule has 0 aliphatic carbocycles. The van der Waals surface area contributed by atoms with E-state index in [1.54, 1.807) is 12.1 Å². The molecular formula is C22H25N5O3S.